The summed E-state index contributed by atoms with van der Waals surface area (Å²) in [5.41, 5.74) is 33.0. The van der Waals surface area contributed by atoms with Gasteiger partial charge in [-0.15, -0.1) is 22.7 Å². The van der Waals surface area contributed by atoms with Crippen LogP contribution in [0.2, 0.25) is 0 Å². The van der Waals surface area contributed by atoms with Crippen molar-refractivity contribution < 1.29 is 0 Å². The first-order chi connectivity index (χ1) is 64.3. The molecule has 612 valence electrons. The van der Waals surface area contributed by atoms with Crippen molar-refractivity contribution in [3.8, 4) is 89.3 Å². The van der Waals surface area contributed by atoms with Gasteiger partial charge in [-0.05, 0) is 264 Å². The lowest BCUT2D eigenvalue weighted by atomic mass is 9.95. The number of fused-ring (bicyclic) bond motifs is 14. The number of benzene rings is 21. The summed E-state index contributed by atoms with van der Waals surface area (Å²) in [6.45, 7) is 4.52. The molecule has 0 aliphatic heterocycles. The van der Waals surface area contributed by atoms with E-state index >= 15 is 0 Å². The summed E-state index contributed by atoms with van der Waals surface area (Å²) in [6, 6.07) is 173. The van der Waals surface area contributed by atoms with Crippen LogP contribution in [0, 0.1) is 13.8 Å². The van der Waals surface area contributed by atoms with Crippen molar-refractivity contribution in [1.82, 2.24) is 9.13 Å². The van der Waals surface area contributed by atoms with Crippen molar-refractivity contribution >= 4 is 162 Å². The highest BCUT2D eigenvalue weighted by Crippen LogP contribution is 2.50. The van der Waals surface area contributed by atoms with Crippen molar-refractivity contribution in [2.45, 2.75) is 13.8 Å². The third-order valence-corrected chi connectivity index (χ3v) is 28.6. The molecular formula is C124H84N4S2. The topological polar surface area (TPSA) is 16.3 Å². The van der Waals surface area contributed by atoms with E-state index in [4.69, 9.17) is 0 Å². The fourth-order valence-corrected chi connectivity index (χ4v) is 22.5. The zero-order valence-corrected chi connectivity index (χ0v) is 73.3. The second kappa shape index (κ2) is 32.6. The number of rotatable bonds is 15. The Hall–Kier alpha value is -16.2. The SMILES string of the molecule is Cc1cc(-c2cccc(-n3c4ccccc4c4ccccc43)c2)cc(C)c1N(c1ccc(-c2ccc3ccccc3c2)cc1)c1ccc(-c2cccc3c2sc2ccccc23)cc1.c1ccc(-c2cc(-c3cccc(-n4c5ccccc5c5ccccc54)c3)ccc2N(c2ccc(-c3ccc4ccccc4c3)cc2)c2ccc(-c3cccc4c3sc3ccccc34)cc2)cc1. The predicted octanol–water partition coefficient (Wildman–Crippen LogP) is 35.8. The highest BCUT2D eigenvalue weighted by Gasteiger charge is 2.25. The molecule has 4 aromatic heterocycles. The lowest BCUT2D eigenvalue weighted by Crippen LogP contribution is -2.13. The van der Waals surface area contributed by atoms with Crippen molar-refractivity contribution in [1.29, 1.82) is 0 Å². The molecule has 0 atom stereocenters. The number of aryl methyl sites for hydroxylation is 2. The van der Waals surface area contributed by atoms with Gasteiger partial charge in [0, 0.05) is 102 Å². The second-order valence-corrected chi connectivity index (χ2v) is 36.0. The molecule has 21 aromatic carbocycles. The molecule has 25 rings (SSSR count). The average Bonchev–Trinajstić information content (AvgIpc) is 1.41. The molecule has 130 heavy (non-hydrogen) atoms. The molecular weight excluding hydrogens is 1610 g/mol. The summed E-state index contributed by atoms with van der Waals surface area (Å²) in [6.07, 6.45) is 0. The first-order valence-corrected chi connectivity index (χ1v) is 46.2. The van der Waals surface area contributed by atoms with Crippen molar-refractivity contribution in [2.75, 3.05) is 9.80 Å². The van der Waals surface area contributed by atoms with Gasteiger partial charge in [-0.2, -0.15) is 0 Å². The zero-order chi connectivity index (χ0) is 86.3. The minimum Gasteiger partial charge on any atom is -0.310 e. The Morgan fingerprint density at radius 1 is 0.192 bits per heavy atom. The van der Waals surface area contributed by atoms with Gasteiger partial charge in [-0.25, -0.2) is 0 Å². The summed E-state index contributed by atoms with van der Waals surface area (Å²) >= 11 is 3.75. The Morgan fingerprint density at radius 3 is 0.954 bits per heavy atom. The largest absolute Gasteiger partial charge is 0.310 e. The van der Waals surface area contributed by atoms with E-state index in [-0.39, 0.29) is 0 Å². The van der Waals surface area contributed by atoms with Crippen LogP contribution in [0.3, 0.4) is 0 Å². The van der Waals surface area contributed by atoms with Crippen LogP contribution >= 0.6 is 22.7 Å². The van der Waals surface area contributed by atoms with E-state index in [0.29, 0.717) is 0 Å². The van der Waals surface area contributed by atoms with Crippen LogP contribution in [0.15, 0.2) is 473 Å². The Balaban J connectivity index is 0.000000144. The van der Waals surface area contributed by atoms with Gasteiger partial charge in [0.2, 0.25) is 0 Å². The normalized spacial score (nSPS) is 11.6. The smallest absolute Gasteiger partial charge is 0.0541 e. The van der Waals surface area contributed by atoms with Gasteiger partial charge in [-0.3, -0.25) is 0 Å². The molecule has 0 saturated heterocycles. The quantitative estimate of drug-likeness (QED) is 0.102. The van der Waals surface area contributed by atoms with Crippen LogP contribution < -0.4 is 9.80 Å². The van der Waals surface area contributed by atoms with E-state index < -0.39 is 0 Å². The molecule has 0 radical (unpaired) electrons. The van der Waals surface area contributed by atoms with Crippen molar-refractivity contribution in [3.63, 3.8) is 0 Å². The minimum atomic E-state index is 1.09. The van der Waals surface area contributed by atoms with Gasteiger partial charge in [0.25, 0.3) is 0 Å². The highest BCUT2D eigenvalue weighted by molar-refractivity contribution is 7.26. The molecule has 0 spiro atoms. The lowest BCUT2D eigenvalue weighted by molar-refractivity contribution is 1.18. The number of hydrogen-bond donors (Lipinski definition) is 0. The summed E-state index contributed by atoms with van der Waals surface area (Å²) in [5, 5.41) is 15.3. The summed E-state index contributed by atoms with van der Waals surface area (Å²) in [4.78, 5) is 4.87. The van der Waals surface area contributed by atoms with E-state index in [2.05, 4.69) is 506 Å². The van der Waals surface area contributed by atoms with E-state index in [1.54, 1.807) is 0 Å². The zero-order valence-electron chi connectivity index (χ0n) is 71.6. The standard InChI is InChI=1S/C64H42N2S.C60H42N2S/c1-2-15-45(16-3-1)59-42-50(48-18-12-19-53(41-48)66-60-25-9-6-20-55(60)56-21-7-10-26-61(56)66)34-39-62(59)65(51-35-30-44(31-36-51)49-29-28-43-14-4-5-17-47(43)40-49)52-37-32-46(33-38-52)54-23-13-24-58-57-22-8-11-27-63(57)67-64(54)58;1-39-35-47(45-15-11-16-50(38-45)62-56-22-8-5-17-52(56)53-18-6-9-23-57(53)62)36-40(2)59(39)61(48-31-27-42(28-32-48)46-26-25-41-13-3-4-14-44(41)37-46)49-33-29-43(30-34-49)51-20-12-21-55-54-19-7-10-24-58(54)63-60(51)55/h1-42H;3-38H,1-2H3. The predicted molar refractivity (Wildman–Crippen MR) is 559 cm³/mol. The van der Waals surface area contributed by atoms with Gasteiger partial charge in [0.15, 0.2) is 0 Å². The maximum Gasteiger partial charge on any atom is 0.0541 e. The number of nitrogens with zero attached hydrogens (tertiary/aromatic N) is 4. The highest BCUT2D eigenvalue weighted by atomic mass is 32.1. The summed E-state index contributed by atoms with van der Waals surface area (Å²) < 4.78 is 10.1. The summed E-state index contributed by atoms with van der Waals surface area (Å²) in [7, 11) is 0. The fourth-order valence-electron chi connectivity index (χ4n) is 20.0. The molecule has 0 aliphatic rings. The van der Waals surface area contributed by atoms with Gasteiger partial charge in [0.05, 0.1) is 33.4 Å². The molecule has 0 aliphatic carbocycles. The lowest BCUT2D eigenvalue weighted by Gasteiger charge is -2.29. The average molecular weight is 1690 g/mol. The van der Waals surface area contributed by atoms with E-state index in [1.807, 2.05) is 22.7 Å². The number of para-hydroxylation sites is 4. The van der Waals surface area contributed by atoms with Crippen molar-refractivity contribution in [2.24, 2.45) is 0 Å². The molecule has 0 N–H and O–H groups in total. The number of aromatic nitrogens is 2. The van der Waals surface area contributed by atoms with E-state index in [9.17, 15) is 0 Å². The van der Waals surface area contributed by atoms with E-state index in [0.717, 1.165) is 62.1 Å². The molecule has 4 nitrogen and oxygen atoms in total. The molecule has 0 bridgehead atoms. The Bertz CT molecular complexity index is 8560. The monoisotopic (exact) mass is 1690 g/mol. The van der Waals surface area contributed by atoms with Gasteiger partial charge in [0.1, 0.15) is 0 Å². The van der Waals surface area contributed by atoms with Crippen LogP contribution in [-0.4, -0.2) is 9.13 Å². The molecule has 0 amide bonds. The van der Waals surface area contributed by atoms with Crippen LogP contribution in [0.5, 0.6) is 0 Å². The maximum atomic E-state index is 2.44. The molecule has 25 aromatic rings. The third-order valence-electron chi connectivity index (χ3n) is 26.2. The first kappa shape index (κ1) is 77.4. The maximum absolute atomic E-state index is 2.44. The van der Waals surface area contributed by atoms with Crippen LogP contribution in [0.1, 0.15) is 11.1 Å². The van der Waals surface area contributed by atoms with Gasteiger partial charge in [-0.1, -0.05) is 328 Å². The minimum absolute atomic E-state index is 1.09. The second-order valence-electron chi connectivity index (χ2n) is 33.9. The molecule has 0 unspecified atom stereocenters. The Labute approximate surface area is 762 Å². The number of hydrogen-bond acceptors (Lipinski definition) is 4. The molecule has 4 heterocycles. The van der Waals surface area contributed by atoms with E-state index in [1.165, 1.54) is 178 Å². The number of thiophene rings is 2. The van der Waals surface area contributed by atoms with Gasteiger partial charge >= 0.3 is 0 Å². The van der Waals surface area contributed by atoms with Crippen LogP contribution in [0.25, 0.3) is 195 Å². The van der Waals surface area contributed by atoms with Gasteiger partial charge < -0.3 is 18.9 Å². The summed E-state index contributed by atoms with van der Waals surface area (Å²) in [5.74, 6) is 0. The molecule has 0 fully saturated rings. The third kappa shape index (κ3) is 13.8. The Morgan fingerprint density at radius 2 is 0.508 bits per heavy atom. The van der Waals surface area contributed by atoms with Crippen LogP contribution in [0.4, 0.5) is 34.1 Å². The fraction of sp³-hybridized carbons (Fsp3) is 0.0161. The molecule has 6 heteroatoms. The van der Waals surface area contributed by atoms with Crippen LogP contribution in [-0.2, 0) is 0 Å². The Kier molecular flexibility index (Phi) is 19.4. The number of anilines is 6. The first-order valence-electron chi connectivity index (χ1n) is 44.6. The molecule has 0 saturated carbocycles. The van der Waals surface area contributed by atoms with Crippen molar-refractivity contribution in [3.05, 3.63) is 484 Å².